The van der Waals surface area contributed by atoms with Crippen molar-refractivity contribution in [3.8, 4) is 0 Å². The normalized spacial score (nSPS) is 23.0. The number of carbonyl (C=O) groups is 1. The van der Waals surface area contributed by atoms with Gasteiger partial charge in [0.2, 0.25) is 0 Å². The highest BCUT2D eigenvalue weighted by atomic mass is 16.5. The van der Waals surface area contributed by atoms with Crippen LogP contribution in [-0.4, -0.2) is 36.9 Å². The van der Waals surface area contributed by atoms with Crippen molar-refractivity contribution in [1.82, 2.24) is 0 Å². The molecule has 104 valence electrons. The minimum atomic E-state index is -0.780. The van der Waals surface area contributed by atoms with Crippen molar-refractivity contribution in [2.24, 2.45) is 0 Å². The Morgan fingerprint density at radius 1 is 1.26 bits per heavy atom. The van der Waals surface area contributed by atoms with Gasteiger partial charge < -0.3 is 14.7 Å². The lowest BCUT2D eigenvalue weighted by Crippen LogP contribution is -2.42. The van der Waals surface area contributed by atoms with E-state index < -0.39 is 5.97 Å². The Labute approximate surface area is 114 Å². The number of hydrogen-bond acceptors (Lipinski definition) is 3. The Morgan fingerprint density at radius 2 is 1.89 bits per heavy atom. The van der Waals surface area contributed by atoms with E-state index in [1.165, 1.54) is 0 Å². The topological polar surface area (TPSA) is 49.8 Å². The Kier molecular flexibility index (Phi) is 4.80. The number of benzene rings is 1. The first kappa shape index (κ1) is 13.9. The summed E-state index contributed by atoms with van der Waals surface area (Å²) >= 11 is 0. The quantitative estimate of drug-likeness (QED) is 0.887. The van der Waals surface area contributed by atoms with E-state index in [0.717, 1.165) is 31.4 Å². The highest BCUT2D eigenvalue weighted by Crippen LogP contribution is 2.28. The molecule has 0 spiro atoms. The minimum Gasteiger partial charge on any atom is -0.480 e. The molecule has 4 nitrogen and oxygen atoms in total. The monoisotopic (exact) mass is 263 g/mol. The van der Waals surface area contributed by atoms with Gasteiger partial charge in [-0.3, -0.25) is 4.79 Å². The summed E-state index contributed by atoms with van der Waals surface area (Å²) in [6.45, 7) is 0.0618. The Balaban J connectivity index is 2.08. The first-order chi connectivity index (χ1) is 9.20. The van der Waals surface area contributed by atoms with Crippen LogP contribution in [0.4, 0.5) is 5.69 Å². The molecule has 0 atom stereocenters. The van der Waals surface area contributed by atoms with Gasteiger partial charge in [0.05, 0.1) is 6.10 Å². The smallest absolute Gasteiger partial charge is 0.323 e. The fraction of sp³-hybridized carbons (Fsp3) is 0.533. The summed E-state index contributed by atoms with van der Waals surface area (Å²) in [5, 5.41) is 9.11. The van der Waals surface area contributed by atoms with Crippen LogP contribution in [0.2, 0.25) is 0 Å². The van der Waals surface area contributed by atoms with E-state index in [2.05, 4.69) is 0 Å². The van der Waals surface area contributed by atoms with Crippen LogP contribution in [0.15, 0.2) is 30.3 Å². The number of ether oxygens (including phenoxy) is 1. The van der Waals surface area contributed by atoms with E-state index in [9.17, 15) is 4.79 Å². The van der Waals surface area contributed by atoms with E-state index in [0.29, 0.717) is 12.1 Å². The number of anilines is 1. The van der Waals surface area contributed by atoms with Gasteiger partial charge in [0, 0.05) is 18.8 Å². The van der Waals surface area contributed by atoms with Gasteiger partial charge in [-0.2, -0.15) is 0 Å². The van der Waals surface area contributed by atoms with E-state index in [1.807, 2.05) is 35.2 Å². The number of carboxylic acids is 1. The predicted molar refractivity (Wildman–Crippen MR) is 74.5 cm³/mol. The number of rotatable bonds is 5. The molecule has 1 aromatic rings. The van der Waals surface area contributed by atoms with Crippen LogP contribution < -0.4 is 4.90 Å². The summed E-state index contributed by atoms with van der Waals surface area (Å²) in [5.41, 5.74) is 0.991. The van der Waals surface area contributed by atoms with Gasteiger partial charge in [-0.15, -0.1) is 0 Å². The second-order valence-electron chi connectivity index (χ2n) is 5.02. The van der Waals surface area contributed by atoms with E-state index in [-0.39, 0.29) is 6.54 Å². The standard InChI is InChI=1S/C15H21NO3/c1-19-14-9-7-13(8-10-14)16(11-15(17)18)12-5-3-2-4-6-12/h2-6,13-14H,7-11H2,1H3,(H,17,18). The average molecular weight is 263 g/mol. The molecule has 1 aliphatic carbocycles. The number of aliphatic carboxylic acids is 1. The van der Waals surface area contributed by atoms with Crippen LogP contribution in [0.25, 0.3) is 0 Å². The summed E-state index contributed by atoms with van der Waals surface area (Å²) in [7, 11) is 1.75. The molecule has 0 radical (unpaired) electrons. The van der Waals surface area contributed by atoms with E-state index >= 15 is 0 Å². The van der Waals surface area contributed by atoms with Crippen LogP contribution >= 0.6 is 0 Å². The third-order valence-corrected chi connectivity index (χ3v) is 3.81. The van der Waals surface area contributed by atoms with Gasteiger partial charge in [-0.25, -0.2) is 0 Å². The molecule has 0 aromatic heterocycles. The molecule has 1 N–H and O–H groups in total. The maximum atomic E-state index is 11.1. The highest BCUT2D eigenvalue weighted by Gasteiger charge is 2.27. The molecule has 0 amide bonds. The molecule has 1 aliphatic rings. The second kappa shape index (κ2) is 6.57. The molecule has 19 heavy (non-hydrogen) atoms. The zero-order valence-electron chi connectivity index (χ0n) is 11.3. The fourth-order valence-electron chi connectivity index (χ4n) is 2.79. The van der Waals surface area contributed by atoms with Gasteiger partial charge in [0.15, 0.2) is 0 Å². The maximum absolute atomic E-state index is 11.1. The number of carboxylic acid groups (broad SMARTS) is 1. The Bertz CT molecular complexity index is 399. The van der Waals surface area contributed by atoms with Crippen molar-refractivity contribution >= 4 is 11.7 Å². The van der Waals surface area contributed by atoms with Gasteiger partial charge in [-0.05, 0) is 37.8 Å². The summed E-state index contributed by atoms with van der Waals surface area (Å²) < 4.78 is 5.37. The van der Waals surface area contributed by atoms with Crippen LogP contribution in [-0.2, 0) is 9.53 Å². The maximum Gasteiger partial charge on any atom is 0.323 e. The molecule has 0 heterocycles. The van der Waals surface area contributed by atoms with Crippen molar-refractivity contribution in [1.29, 1.82) is 0 Å². The zero-order chi connectivity index (χ0) is 13.7. The first-order valence-electron chi connectivity index (χ1n) is 6.77. The van der Waals surface area contributed by atoms with Crippen molar-refractivity contribution < 1.29 is 14.6 Å². The Hall–Kier alpha value is -1.55. The molecule has 0 saturated heterocycles. The largest absolute Gasteiger partial charge is 0.480 e. The second-order valence-corrected chi connectivity index (χ2v) is 5.02. The third kappa shape index (κ3) is 3.70. The number of nitrogens with zero attached hydrogens (tertiary/aromatic N) is 1. The van der Waals surface area contributed by atoms with Crippen LogP contribution in [0.1, 0.15) is 25.7 Å². The third-order valence-electron chi connectivity index (χ3n) is 3.81. The van der Waals surface area contributed by atoms with Crippen molar-refractivity contribution in [3.05, 3.63) is 30.3 Å². The van der Waals surface area contributed by atoms with E-state index in [1.54, 1.807) is 7.11 Å². The number of methoxy groups -OCH3 is 1. The number of hydrogen-bond donors (Lipinski definition) is 1. The summed E-state index contributed by atoms with van der Waals surface area (Å²) in [5.74, 6) is -0.780. The molecule has 0 unspecified atom stereocenters. The molecule has 0 aliphatic heterocycles. The molecule has 1 aromatic carbocycles. The Morgan fingerprint density at radius 3 is 2.42 bits per heavy atom. The summed E-state index contributed by atoms with van der Waals surface area (Å²) in [4.78, 5) is 13.1. The minimum absolute atomic E-state index is 0.0618. The molecular weight excluding hydrogens is 242 g/mol. The lowest BCUT2D eigenvalue weighted by molar-refractivity contribution is -0.135. The van der Waals surface area contributed by atoms with Crippen molar-refractivity contribution in [3.63, 3.8) is 0 Å². The SMILES string of the molecule is COC1CCC(N(CC(=O)O)c2ccccc2)CC1. The van der Waals surface area contributed by atoms with Crippen LogP contribution in [0.5, 0.6) is 0 Å². The summed E-state index contributed by atoms with van der Waals surface area (Å²) in [6.07, 6.45) is 4.31. The zero-order valence-corrected chi connectivity index (χ0v) is 11.3. The molecular formula is C15H21NO3. The van der Waals surface area contributed by atoms with Crippen LogP contribution in [0.3, 0.4) is 0 Å². The lowest BCUT2D eigenvalue weighted by Gasteiger charge is -2.37. The molecule has 1 fully saturated rings. The highest BCUT2D eigenvalue weighted by molar-refractivity contribution is 5.74. The summed E-state index contributed by atoms with van der Waals surface area (Å²) in [6, 6.07) is 10.1. The lowest BCUT2D eigenvalue weighted by atomic mass is 9.91. The van der Waals surface area contributed by atoms with Gasteiger partial charge in [0.1, 0.15) is 6.54 Å². The van der Waals surface area contributed by atoms with Gasteiger partial charge >= 0.3 is 5.97 Å². The van der Waals surface area contributed by atoms with Gasteiger partial charge in [-0.1, -0.05) is 18.2 Å². The number of para-hydroxylation sites is 1. The molecule has 2 rings (SSSR count). The van der Waals surface area contributed by atoms with Crippen molar-refractivity contribution in [2.75, 3.05) is 18.6 Å². The first-order valence-corrected chi connectivity index (χ1v) is 6.77. The van der Waals surface area contributed by atoms with Gasteiger partial charge in [0.25, 0.3) is 0 Å². The molecule has 0 bridgehead atoms. The average Bonchev–Trinajstić information content (AvgIpc) is 2.46. The fourth-order valence-corrected chi connectivity index (χ4v) is 2.79. The van der Waals surface area contributed by atoms with Crippen LogP contribution in [0, 0.1) is 0 Å². The molecule has 4 heteroatoms. The predicted octanol–water partition coefficient (Wildman–Crippen LogP) is 2.54. The van der Waals surface area contributed by atoms with E-state index in [4.69, 9.17) is 9.84 Å². The van der Waals surface area contributed by atoms with Crippen molar-refractivity contribution in [2.45, 2.75) is 37.8 Å². The molecule has 1 saturated carbocycles.